The summed E-state index contributed by atoms with van der Waals surface area (Å²) < 4.78 is 5.53. The number of hydrogen-bond donors (Lipinski definition) is 1. The van der Waals surface area contributed by atoms with Gasteiger partial charge in [0.05, 0.1) is 6.10 Å². The summed E-state index contributed by atoms with van der Waals surface area (Å²) in [6, 6.07) is 5.83. The Morgan fingerprint density at radius 1 is 1.38 bits per heavy atom. The molecule has 128 valence electrons. The van der Waals surface area contributed by atoms with Gasteiger partial charge < -0.3 is 10.5 Å². The lowest BCUT2D eigenvalue weighted by molar-refractivity contribution is -0.137. The fourth-order valence-electron chi connectivity index (χ4n) is 4.90. The highest BCUT2D eigenvalue weighted by Crippen LogP contribution is 2.61. The van der Waals surface area contributed by atoms with Gasteiger partial charge in [0.1, 0.15) is 0 Å². The van der Waals surface area contributed by atoms with Crippen LogP contribution in [0.15, 0.2) is 23.2 Å². The molecule has 1 aromatic carbocycles. The summed E-state index contributed by atoms with van der Waals surface area (Å²) in [7, 11) is 3.46. The lowest BCUT2D eigenvalue weighted by Gasteiger charge is -2.45. The minimum absolute atomic E-state index is 0.0307. The molecule has 3 aliphatic rings. The standard InChI is InChI=1S/C18H22ClN3O2/c1-22-15(23)18(21-16(22)20)14-9-12(19)4-3-11(14)10-17(18)7-5-13(24-2)6-8-17/h3-4,9,13H,5-8,10H2,1-2H3,(H2,20,21). The third kappa shape index (κ3) is 1.85. The molecular weight excluding hydrogens is 326 g/mol. The van der Waals surface area contributed by atoms with Gasteiger partial charge in [-0.05, 0) is 55.4 Å². The van der Waals surface area contributed by atoms with Crippen LogP contribution in [0.25, 0.3) is 0 Å². The van der Waals surface area contributed by atoms with E-state index in [1.165, 1.54) is 4.90 Å². The topological polar surface area (TPSA) is 67.9 Å². The van der Waals surface area contributed by atoms with Crippen LogP contribution in [-0.4, -0.2) is 37.0 Å². The summed E-state index contributed by atoms with van der Waals surface area (Å²) in [5, 5.41) is 0.631. The minimum Gasteiger partial charge on any atom is -0.381 e. The average molecular weight is 348 g/mol. The highest BCUT2D eigenvalue weighted by atomic mass is 35.5. The van der Waals surface area contributed by atoms with E-state index in [0.717, 1.165) is 43.2 Å². The number of rotatable bonds is 1. The molecule has 4 rings (SSSR count). The molecule has 5 nitrogen and oxygen atoms in total. The summed E-state index contributed by atoms with van der Waals surface area (Å²) in [4.78, 5) is 19.5. The zero-order chi connectivity index (χ0) is 17.1. The molecule has 24 heavy (non-hydrogen) atoms. The van der Waals surface area contributed by atoms with Gasteiger partial charge in [-0.25, -0.2) is 4.99 Å². The third-order valence-electron chi connectivity index (χ3n) is 6.22. The number of carbonyl (C=O) groups excluding carboxylic acids is 1. The van der Waals surface area contributed by atoms with E-state index in [0.29, 0.717) is 11.0 Å². The number of amides is 1. The van der Waals surface area contributed by atoms with Crippen molar-refractivity contribution in [2.75, 3.05) is 14.2 Å². The maximum absolute atomic E-state index is 13.3. The van der Waals surface area contributed by atoms with Crippen molar-refractivity contribution in [1.82, 2.24) is 4.90 Å². The Bertz CT molecular complexity index is 740. The Morgan fingerprint density at radius 2 is 2.08 bits per heavy atom. The monoisotopic (exact) mass is 347 g/mol. The molecule has 1 fully saturated rings. The number of ether oxygens (including phenoxy) is 1. The lowest BCUT2D eigenvalue weighted by atomic mass is 9.61. The maximum Gasteiger partial charge on any atom is 0.262 e. The first-order chi connectivity index (χ1) is 11.4. The van der Waals surface area contributed by atoms with Gasteiger partial charge in [0.15, 0.2) is 11.5 Å². The molecule has 0 radical (unpaired) electrons. The van der Waals surface area contributed by atoms with Crippen molar-refractivity contribution in [3.05, 3.63) is 34.3 Å². The quantitative estimate of drug-likeness (QED) is 0.848. The maximum atomic E-state index is 13.3. The van der Waals surface area contributed by atoms with Crippen LogP contribution in [0, 0.1) is 5.41 Å². The molecule has 0 aromatic heterocycles. The summed E-state index contributed by atoms with van der Waals surface area (Å²) in [6.07, 6.45) is 4.77. The Hall–Kier alpha value is -1.59. The van der Waals surface area contributed by atoms with Crippen molar-refractivity contribution in [1.29, 1.82) is 0 Å². The van der Waals surface area contributed by atoms with Crippen LogP contribution < -0.4 is 5.73 Å². The number of nitrogens with zero attached hydrogens (tertiary/aromatic N) is 2. The predicted molar refractivity (Wildman–Crippen MR) is 92.9 cm³/mol. The largest absolute Gasteiger partial charge is 0.381 e. The number of nitrogens with two attached hydrogens (primary N) is 1. The first kappa shape index (κ1) is 15.9. The van der Waals surface area contributed by atoms with E-state index in [4.69, 9.17) is 27.1 Å². The number of methoxy groups -OCH3 is 1. The Kier molecular flexibility index (Phi) is 3.45. The molecule has 6 heteroatoms. The van der Waals surface area contributed by atoms with E-state index in [1.807, 2.05) is 18.2 Å². The van der Waals surface area contributed by atoms with Crippen molar-refractivity contribution in [3.63, 3.8) is 0 Å². The fourth-order valence-corrected chi connectivity index (χ4v) is 5.07. The summed E-state index contributed by atoms with van der Waals surface area (Å²) in [5.74, 6) is 0.262. The number of halogens is 1. The van der Waals surface area contributed by atoms with Gasteiger partial charge in [-0.1, -0.05) is 17.7 Å². The Labute approximate surface area is 146 Å². The number of fused-ring (bicyclic) bond motifs is 3. The first-order valence-electron chi connectivity index (χ1n) is 8.39. The summed E-state index contributed by atoms with van der Waals surface area (Å²) >= 11 is 6.25. The van der Waals surface area contributed by atoms with Crippen LogP contribution >= 0.6 is 11.6 Å². The van der Waals surface area contributed by atoms with Crippen molar-refractivity contribution >= 4 is 23.5 Å². The number of benzene rings is 1. The second-order valence-corrected chi connectivity index (χ2v) is 7.67. The number of carbonyl (C=O) groups is 1. The Balaban J connectivity index is 1.89. The van der Waals surface area contributed by atoms with Crippen LogP contribution in [0.2, 0.25) is 5.02 Å². The van der Waals surface area contributed by atoms with Gasteiger partial charge in [-0.2, -0.15) is 0 Å². The molecule has 0 bridgehead atoms. The zero-order valence-electron chi connectivity index (χ0n) is 14.0. The number of aliphatic imine (C=N–C) groups is 1. The van der Waals surface area contributed by atoms with Crippen LogP contribution in [0.4, 0.5) is 0 Å². The smallest absolute Gasteiger partial charge is 0.262 e. The van der Waals surface area contributed by atoms with E-state index in [1.54, 1.807) is 14.2 Å². The van der Waals surface area contributed by atoms with Gasteiger partial charge in [0.25, 0.3) is 5.91 Å². The molecule has 1 aromatic rings. The molecule has 1 amide bonds. The van der Waals surface area contributed by atoms with Gasteiger partial charge in [-0.15, -0.1) is 0 Å². The van der Waals surface area contributed by atoms with Crippen molar-refractivity contribution in [3.8, 4) is 0 Å². The molecule has 1 unspecified atom stereocenters. The molecule has 1 atom stereocenters. The normalized spacial score (nSPS) is 35.0. The molecular formula is C18H22ClN3O2. The van der Waals surface area contributed by atoms with E-state index in [2.05, 4.69) is 0 Å². The summed E-state index contributed by atoms with van der Waals surface area (Å²) in [5.41, 5.74) is 6.99. The van der Waals surface area contributed by atoms with Crippen LogP contribution in [0.5, 0.6) is 0 Å². The number of hydrogen-bond acceptors (Lipinski definition) is 4. The van der Waals surface area contributed by atoms with Crippen LogP contribution in [-0.2, 0) is 21.5 Å². The SMILES string of the molecule is COC1CCC2(CC1)Cc1ccc(Cl)cc1C21N=C(N)N(C)C1=O. The highest BCUT2D eigenvalue weighted by Gasteiger charge is 2.66. The highest BCUT2D eigenvalue weighted by molar-refractivity contribution is 6.30. The lowest BCUT2D eigenvalue weighted by Crippen LogP contribution is -2.51. The van der Waals surface area contributed by atoms with Crippen molar-refractivity contribution in [2.24, 2.45) is 16.1 Å². The molecule has 1 saturated carbocycles. The molecule has 0 saturated heterocycles. The summed E-state index contributed by atoms with van der Waals surface area (Å²) in [6.45, 7) is 0. The van der Waals surface area contributed by atoms with E-state index >= 15 is 0 Å². The number of likely N-dealkylation sites (N-methyl/N-ethyl adjacent to an activating group) is 1. The third-order valence-corrected chi connectivity index (χ3v) is 6.46. The minimum atomic E-state index is -0.926. The van der Waals surface area contributed by atoms with Crippen molar-refractivity contribution in [2.45, 2.75) is 43.7 Å². The van der Waals surface area contributed by atoms with Crippen LogP contribution in [0.3, 0.4) is 0 Å². The van der Waals surface area contributed by atoms with Gasteiger partial charge in [0, 0.05) is 24.6 Å². The molecule has 1 heterocycles. The number of guanidine groups is 1. The average Bonchev–Trinajstić information content (AvgIpc) is 2.97. The fraction of sp³-hybridized carbons (Fsp3) is 0.556. The van der Waals surface area contributed by atoms with Crippen molar-refractivity contribution < 1.29 is 9.53 Å². The molecule has 2 spiro atoms. The second kappa shape index (κ2) is 5.20. The molecule has 2 N–H and O–H groups in total. The predicted octanol–water partition coefficient (Wildman–Crippen LogP) is 2.45. The van der Waals surface area contributed by atoms with Gasteiger partial charge >= 0.3 is 0 Å². The van der Waals surface area contributed by atoms with Gasteiger partial charge in [0.2, 0.25) is 0 Å². The Morgan fingerprint density at radius 3 is 2.67 bits per heavy atom. The molecule has 1 aliphatic heterocycles. The van der Waals surface area contributed by atoms with Crippen LogP contribution in [0.1, 0.15) is 36.8 Å². The van der Waals surface area contributed by atoms with Gasteiger partial charge in [-0.3, -0.25) is 9.69 Å². The zero-order valence-corrected chi connectivity index (χ0v) is 14.8. The molecule has 2 aliphatic carbocycles. The van der Waals surface area contributed by atoms with E-state index in [9.17, 15) is 4.79 Å². The second-order valence-electron chi connectivity index (χ2n) is 7.24. The van der Waals surface area contributed by atoms with E-state index < -0.39 is 5.54 Å². The first-order valence-corrected chi connectivity index (χ1v) is 8.76. The van der Waals surface area contributed by atoms with E-state index in [-0.39, 0.29) is 17.4 Å².